The van der Waals surface area contributed by atoms with Crippen molar-refractivity contribution < 1.29 is 9.53 Å². The molecule has 27 heavy (non-hydrogen) atoms. The molecule has 0 unspecified atom stereocenters. The van der Waals surface area contributed by atoms with E-state index in [9.17, 15) is 4.79 Å². The molecule has 1 N–H and O–H groups in total. The fourth-order valence-electron chi connectivity index (χ4n) is 2.63. The maximum absolute atomic E-state index is 12.4. The highest BCUT2D eigenvalue weighted by Crippen LogP contribution is 2.34. The van der Waals surface area contributed by atoms with Gasteiger partial charge in [-0.25, -0.2) is 15.0 Å². The van der Waals surface area contributed by atoms with Crippen molar-refractivity contribution in [3.8, 4) is 5.75 Å². The highest BCUT2D eigenvalue weighted by atomic mass is 32.2. The summed E-state index contributed by atoms with van der Waals surface area (Å²) >= 11 is 4.50. The topological polar surface area (TPSA) is 77.0 Å². The first-order valence-corrected chi connectivity index (χ1v) is 10.7. The number of anilines is 1. The molecule has 4 aromatic rings. The van der Waals surface area contributed by atoms with Crippen LogP contribution in [0.2, 0.25) is 0 Å². The number of thiophene rings is 1. The van der Waals surface area contributed by atoms with Crippen molar-refractivity contribution in [3.63, 3.8) is 0 Å². The molecule has 0 spiro atoms. The molecule has 0 aliphatic carbocycles. The second-order valence-electron chi connectivity index (χ2n) is 5.83. The summed E-state index contributed by atoms with van der Waals surface area (Å²) in [5.41, 5.74) is 2.02. The Kier molecular flexibility index (Phi) is 4.98. The number of ether oxygens (including phenoxy) is 1. The van der Waals surface area contributed by atoms with Crippen LogP contribution in [-0.2, 0) is 4.79 Å². The van der Waals surface area contributed by atoms with Crippen LogP contribution in [0.1, 0.15) is 10.4 Å². The van der Waals surface area contributed by atoms with Crippen molar-refractivity contribution in [2.75, 3.05) is 18.2 Å². The molecular formula is C18H16N4O2S3. The number of hydrogen-bond acceptors (Lipinski definition) is 8. The molecule has 0 fully saturated rings. The molecule has 0 saturated carbocycles. The summed E-state index contributed by atoms with van der Waals surface area (Å²) in [5.74, 6) is 0.927. The average Bonchev–Trinajstić information content (AvgIpc) is 3.19. The Hall–Kier alpha value is -2.23. The lowest BCUT2D eigenvalue weighted by Gasteiger charge is -2.03. The van der Waals surface area contributed by atoms with Gasteiger partial charge in [-0.2, -0.15) is 0 Å². The molecule has 4 rings (SSSR count). The highest BCUT2D eigenvalue weighted by molar-refractivity contribution is 8.00. The number of aromatic nitrogens is 3. The van der Waals surface area contributed by atoms with Gasteiger partial charge in [0.05, 0.1) is 23.1 Å². The fourth-order valence-corrected chi connectivity index (χ4v) is 5.46. The Morgan fingerprint density at radius 1 is 1.26 bits per heavy atom. The minimum Gasteiger partial charge on any atom is -0.497 e. The Balaban J connectivity index is 1.47. The van der Waals surface area contributed by atoms with Crippen LogP contribution in [0.15, 0.2) is 29.6 Å². The van der Waals surface area contributed by atoms with Gasteiger partial charge in [-0.15, -0.1) is 11.3 Å². The van der Waals surface area contributed by atoms with Crippen LogP contribution >= 0.6 is 34.4 Å². The monoisotopic (exact) mass is 416 g/mol. The summed E-state index contributed by atoms with van der Waals surface area (Å²) in [6, 6.07) is 5.65. The zero-order chi connectivity index (χ0) is 19.0. The number of fused-ring (bicyclic) bond motifs is 2. The SMILES string of the molecule is COc1ccc2nc(NC(=O)CSc3ncnc4sc(C)c(C)c34)sc2c1. The number of thioether (sulfide) groups is 1. The van der Waals surface area contributed by atoms with Gasteiger partial charge in [0, 0.05) is 10.3 Å². The van der Waals surface area contributed by atoms with E-state index < -0.39 is 0 Å². The van der Waals surface area contributed by atoms with Crippen LogP contribution in [0.4, 0.5) is 5.13 Å². The van der Waals surface area contributed by atoms with Gasteiger partial charge in [0.15, 0.2) is 5.13 Å². The lowest BCUT2D eigenvalue weighted by molar-refractivity contribution is -0.113. The van der Waals surface area contributed by atoms with Crippen LogP contribution in [0.5, 0.6) is 5.75 Å². The maximum atomic E-state index is 12.4. The molecule has 1 amide bonds. The zero-order valence-corrected chi connectivity index (χ0v) is 17.3. The molecule has 1 aromatic carbocycles. The van der Waals surface area contributed by atoms with E-state index in [1.54, 1.807) is 24.8 Å². The van der Waals surface area contributed by atoms with Crippen LogP contribution < -0.4 is 10.1 Å². The van der Waals surface area contributed by atoms with Crippen LogP contribution in [-0.4, -0.2) is 33.7 Å². The number of aryl methyl sites for hydroxylation is 2. The quantitative estimate of drug-likeness (QED) is 0.377. The normalized spacial score (nSPS) is 11.2. The standard InChI is InChI=1S/C18H16N4O2S3/c1-9-10(2)26-17-15(9)16(19-8-20-17)25-7-14(23)22-18-21-12-5-4-11(24-3)6-13(12)27-18/h4-6,8H,7H2,1-3H3,(H,21,22,23). The first-order valence-electron chi connectivity index (χ1n) is 8.13. The molecule has 138 valence electrons. The fraction of sp³-hybridized carbons (Fsp3) is 0.222. The van der Waals surface area contributed by atoms with Gasteiger partial charge in [-0.3, -0.25) is 4.79 Å². The molecule has 3 aromatic heterocycles. The molecule has 0 bridgehead atoms. The Labute approximate surface area is 168 Å². The van der Waals surface area contributed by atoms with Gasteiger partial charge >= 0.3 is 0 Å². The number of benzene rings is 1. The second kappa shape index (κ2) is 7.41. The third kappa shape index (κ3) is 3.62. The van der Waals surface area contributed by atoms with Crippen molar-refractivity contribution in [3.05, 3.63) is 35.0 Å². The van der Waals surface area contributed by atoms with Gasteiger partial charge in [-0.05, 0) is 37.6 Å². The predicted octanol–water partition coefficient (Wildman–Crippen LogP) is 4.66. The number of carbonyl (C=O) groups is 1. The number of carbonyl (C=O) groups excluding carboxylic acids is 1. The molecule has 0 radical (unpaired) electrons. The number of thiazole rings is 1. The number of nitrogens with one attached hydrogen (secondary N) is 1. The second-order valence-corrected chi connectivity index (χ2v) is 9.03. The van der Waals surface area contributed by atoms with Crippen molar-refractivity contribution in [2.45, 2.75) is 18.9 Å². The van der Waals surface area contributed by atoms with Crippen molar-refractivity contribution in [1.82, 2.24) is 15.0 Å². The van der Waals surface area contributed by atoms with Gasteiger partial charge in [-0.1, -0.05) is 23.1 Å². The average molecular weight is 417 g/mol. The number of nitrogens with zero attached hydrogens (tertiary/aromatic N) is 3. The van der Waals surface area contributed by atoms with Crippen molar-refractivity contribution >= 4 is 65.9 Å². The zero-order valence-electron chi connectivity index (χ0n) is 14.9. The summed E-state index contributed by atoms with van der Waals surface area (Å²) in [7, 11) is 1.63. The minimum absolute atomic E-state index is 0.109. The summed E-state index contributed by atoms with van der Waals surface area (Å²) in [6.45, 7) is 4.14. The maximum Gasteiger partial charge on any atom is 0.236 e. The lowest BCUT2D eigenvalue weighted by Crippen LogP contribution is -2.13. The van der Waals surface area contributed by atoms with E-state index in [0.29, 0.717) is 5.13 Å². The largest absolute Gasteiger partial charge is 0.497 e. The van der Waals surface area contributed by atoms with Gasteiger partial charge in [0.2, 0.25) is 5.91 Å². The van der Waals surface area contributed by atoms with E-state index in [-0.39, 0.29) is 11.7 Å². The molecule has 0 atom stereocenters. The number of methoxy groups -OCH3 is 1. The lowest BCUT2D eigenvalue weighted by atomic mass is 10.2. The van der Waals surface area contributed by atoms with Crippen LogP contribution in [0.3, 0.4) is 0 Å². The molecule has 9 heteroatoms. The molecule has 6 nitrogen and oxygen atoms in total. The minimum atomic E-state index is -0.109. The van der Waals surface area contributed by atoms with E-state index in [4.69, 9.17) is 4.74 Å². The summed E-state index contributed by atoms with van der Waals surface area (Å²) in [4.78, 5) is 27.7. The number of hydrogen-bond donors (Lipinski definition) is 1. The summed E-state index contributed by atoms with van der Waals surface area (Å²) < 4.78 is 6.20. The van der Waals surface area contributed by atoms with Gasteiger partial charge in [0.1, 0.15) is 21.9 Å². The highest BCUT2D eigenvalue weighted by Gasteiger charge is 2.14. The van der Waals surface area contributed by atoms with Crippen molar-refractivity contribution in [1.29, 1.82) is 0 Å². The Morgan fingerprint density at radius 3 is 2.93 bits per heavy atom. The Bertz CT molecular complexity index is 1150. The summed E-state index contributed by atoms with van der Waals surface area (Å²) in [6.07, 6.45) is 1.55. The molecule has 3 heterocycles. The van der Waals surface area contributed by atoms with Crippen LogP contribution in [0.25, 0.3) is 20.4 Å². The Morgan fingerprint density at radius 2 is 2.11 bits per heavy atom. The molecular weight excluding hydrogens is 400 g/mol. The predicted molar refractivity (Wildman–Crippen MR) is 112 cm³/mol. The van der Waals surface area contributed by atoms with E-state index in [1.807, 2.05) is 18.2 Å². The third-order valence-corrected chi connectivity index (χ3v) is 7.15. The summed E-state index contributed by atoms with van der Waals surface area (Å²) in [5, 5.41) is 5.34. The van der Waals surface area contributed by atoms with E-state index in [2.05, 4.69) is 34.1 Å². The number of amides is 1. The first-order chi connectivity index (χ1) is 13.0. The van der Waals surface area contributed by atoms with Gasteiger partial charge in [0.25, 0.3) is 0 Å². The van der Waals surface area contributed by atoms with E-state index in [0.717, 1.165) is 31.2 Å². The molecule has 0 aliphatic rings. The van der Waals surface area contributed by atoms with Crippen LogP contribution in [0, 0.1) is 13.8 Å². The molecule has 0 saturated heterocycles. The third-order valence-electron chi connectivity index (χ3n) is 4.11. The van der Waals surface area contributed by atoms with E-state index >= 15 is 0 Å². The van der Waals surface area contributed by atoms with Gasteiger partial charge < -0.3 is 10.1 Å². The van der Waals surface area contributed by atoms with E-state index in [1.165, 1.54) is 33.5 Å². The van der Waals surface area contributed by atoms with Crippen molar-refractivity contribution in [2.24, 2.45) is 0 Å². The first kappa shape index (κ1) is 18.1. The molecule has 0 aliphatic heterocycles. The number of rotatable bonds is 5. The smallest absolute Gasteiger partial charge is 0.236 e.